The highest BCUT2D eigenvalue weighted by Crippen LogP contribution is 2.30. The van der Waals surface area contributed by atoms with E-state index < -0.39 is 0 Å². The van der Waals surface area contributed by atoms with E-state index in [2.05, 4.69) is 20.1 Å². The van der Waals surface area contributed by atoms with Crippen molar-refractivity contribution in [3.8, 4) is 0 Å². The van der Waals surface area contributed by atoms with Crippen LogP contribution in [-0.4, -0.2) is 77.1 Å². The predicted octanol–water partition coefficient (Wildman–Crippen LogP) is 1.67. The molecule has 4 heterocycles. The number of piperazine rings is 1. The second-order valence-electron chi connectivity index (χ2n) is 6.86. The molecule has 2 aliphatic rings. The molecule has 0 saturated carbocycles. The van der Waals surface area contributed by atoms with Crippen LogP contribution in [0.2, 0.25) is 0 Å². The number of fused-ring (bicyclic) bond motifs is 1. The largest absolute Gasteiger partial charge is 0.450 e. The fourth-order valence-electron chi connectivity index (χ4n) is 3.64. The second-order valence-corrected chi connectivity index (χ2v) is 6.86. The number of hydrogen-bond acceptors (Lipinski definition) is 9. The van der Waals surface area contributed by atoms with Gasteiger partial charge in [0.05, 0.1) is 6.61 Å². The van der Waals surface area contributed by atoms with Gasteiger partial charge in [-0.3, -0.25) is 0 Å². The minimum atomic E-state index is -0.257. The molecule has 0 atom stereocenters. The maximum Gasteiger partial charge on any atom is 0.409 e. The quantitative estimate of drug-likeness (QED) is 0.793. The van der Waals surface area contributed by atoms with E-state index in [-0.39, 0.29) is 6.09 Å². The molecule has 27 heavy (non-hydrogen) atoms. The molecule has 2 aromatic heterocycles. The first kappa shape index (κ1) is 17.7. The number of ether oxygens (including phenoxy) is 1. The Kier molecular flexibility index (Phi) is 5.21. The van der Waals surface area contributed by atoms with E-state index >= 15 is 0 Å². The number of rotatable bonds is 3. The summed E-state index contributed by atoms with van der Waals surface area (Å²) in [6.45, 7) is 6.65. The zero-order chi connectivity index (χ0) is 18.6. The molecule has 0 unspecified atom stereocenters. The average Bonchev–Trinajstić information content (AvgIpc) is 2.98. The third-order valence-corrected chi connectivity index (χ3v) is 5.09. The van der Waals surface area contributed by atoms with Crippen LogP contribution < -0.4 is 9.80 Å². The maximum atomic E-state index is 12.0. The molecule has 10 heteroatoms. The van der Waals surface area contributed by atoms with Gasteiger partial charge in [0, 0.05) is 39.3 Å². The summed E-state index contributed by atoms with van der Waals surface area (Å²) in [5, 5.41) is 7.72. The molecule has 0 radical (unpaired) electrons. The molecule has 0 spiro atoms. The van der Waals surface area contributed by atoms with E-state index in [1.165, 1.54) is 12.8 Å². The van der Waals surface area contributed by atoms with Gasteiger partial charge in [0.25, 0.3) is 0 Å². The molecule has 4 rings (SSSR count). The summed E-state index contributed by atoms with van der Waals surface area (Å²) >= 11 is 0. The molecule has 0 N–H and O–H groups in total. The van der Waals surface area contributed by atoms with Crippen molar-refractivity contribution in [3.63, 3.8) is 0 Å². The van der Waals surface area contributed by atoms with Gasteiger partial charge < -0.3 is 19.4 Å². The van der Waals surface area contributed by atoms with Crippen LogP contribution >= 0.6 is 0 Å². The van der Waals surface area contributed by atoms with Gasteiger partial charge in [0.2, 0.25) is 11.3 Å². The molecule has 2 saturated heterocycles. The SMILES string of the molecule is CCOC(=O)N1CCN(c2nc3nonc3nc2N2CCCCCC2)CC1. The van der Waals surface area contributed by atoms with Gasteiger partial charge in [-0.2, -0.15) is 0 Å². The lowest BCUT2D eigenvalue weighted by Gasteiger charge is -2.36. The highest BCUT2D eigenvalue weighted by Gasteiger charge is 2.28. The zero-order valence-electron chi connectivity index (χ0n) is 15.6. The standard InChI is InChI=1S/C17H25N7O3/c1-2-26-17(25)24-11-9-23(10-12-24)16-15(22-7-5-3-4-6-8-22)18-13-14(19-16)21-27-20-13/h2-12H2,1H3. The van der Waals surface area contributed by atoms with Crippen molar-refractivity contribution in [1.29, 1.82) is 0 Å². The smallest absolute Gasteiger partial charge is 0.409 e. The number of anilines is 2. The number of carbonyl (C=O) groups is 1. The second kappa shape index (κ2) is 7.93. The number of amides is 1. The third-order valence-electron chi connectivity index (χ3n) is 5.09. The average molecular weight is 375 g/mol. The highest BCUT2D eigenvalue weighted by atomic mass is 16.6. The van der Waals surface area contributed by atoms with Crippen molar-refractivity contribution >= 4 is 29.0 Å². The Labute approximate surface area is 157 Å². The Morgan fingerprint density at radius 2 is 1.44 bits per heavy atom. The normalized spacial score (nSPS) is 18.6. The Balaban J connectivity index is 1.58. The number of hydrogen-bond donors (Lipinski definition) is 0. The number of aromatic nitrogens is 4. The van der Waals surface area contributed by atoms with Gasteiger partial charge in [0.15, 0.2) is 11.6 Å². The van der Waals surface area contributed by atoms with Crippen LogP contribution in [0.15, 0.2) is 4.63 Å². The maximum absolute atomic E-state index is 12.0. The lowest BCUT2D eigenvalue weighted by Crippen LogP contribution is -2.49. The van der Waals surface area contributed by atoms with Gasteiger partial charge >= 0.3 is 6.09 Å². The van der Waals surface area contributed by atoms with E-state index in [0.29, 0.717) is 44.1 Å². The summed E-state index contributed by atoms with van der Waals surface area (Å²) in [5.41, 5.74) is 0.847. The Morgan fingerprint density at radius 1 is 0.889 bits per heavy atom. The van der Waals surface area contributed by atoms with E-state index in [0.717, 1.165) is 37.6 Å². The molecule has 2 fully saturated rings. The molecular weight excluding hydrogens is 350 g/mol. The lowest BCUT2D eigenvalue weighted by molar-refractivity contribution is 0.105. The summed E-state index contributed by atoms with van der Waals surface area (Å²) in [7, 11) is 0. The molecule has 0 aromatic carbocycles. The monoisotopic (exact) mass is 375 g/mol. The third kappa shape index (κ3) is 3.74. The van der Waals surface area contributed by atoms with Crippen molar-refractivity contribution in [1.82, 2.24) is 25.2 Å². The molecule has 2 aromatic rings. The summed E-state index contributed by atoms with van der Waals surface area (Å²) in [6.07, 6.45) is 4.52. The van der Waals surface area contributed by atoms with Crippen LogP contribution in [0.4, 0.5) is 16.4 Å². The first-order valence-electron chi connectivity index (χ1n) is 9.68. The molecule has 2 aliphatic heterocycles. The number of nitrogens with zero attached hydrogens (tertiary/aromatic N) is 7. The topological polar surface area (TPSA) is 101 Å². The van der Waals surface area contributed by atoms with Crippen LogP contribution in [-0.2, 0) is 4.74 Å². The fourth-order valence-corrected chi connectivity index (χ4v) is 3.64. The van der Waals surface area contributed by atoms with Crippen molar-refractivity contribution in [2.24, 2.45) is 0 Å². The van der Waals surface area contributed by atoms with Gasteiger partial charge in [-0.15, -0.1) is 0 Å². The first-order chi connectivity index (χ1) is 13.3. The van der Waals surface area contributed by atoms with Crippen molar-refractivity contribution in [3.05, 3.63) is 0 Å². The van der Waals surface area contributed by atoms with Crippen molar-refractivity contribution < 1.29 is 14.2 Å². The summed E-state index contributed by atoms with van der Waals surface area (Å²) in [6, 6.07) is 0. The van der Waals surface area contributed by atoms with Gasteiger partial charge in [-0.25, -0.2) is 19.4 Å². The minimum Gasteiger partial charge on any atom is -0.450 e. The van der Waals surface area contributed by atoms with E-state index in [9.17, 15) is 4.79 Å². The van der Waals surface area contributed by atoms with Crippen molar-refractivity contribution in [2.75, 3.05) is 55.7 Å². The van der Waals surface area contributed by atoms with Crippen LogP contribution in [0.25, 0.3) is 11.3 Å². The molecule has 0 aliphatic carbocycles. The molecule has 10 nitrogen and oxygen atoms in total. The molecule has 146 valence electrons. The van der Waals surface area contributed by atoms with Gasteiger partial charge in [-0.05, 0) is 30.1 Å². The molecular formula is C17H25N7O3. The van der Waals surface area contributed by atoms with Crippen molar-refractivity contribution in [2.45, 2.75) is 32.6 Å². The van der Waals surface area contributed by atoms with E-state index in [1.807, 2.05) is 6.92 Å². The van der Waals surface area contributed by atoms with Crippen LogP contribution in [0.3, 0.4) is 0 Å². The Morgan fingerprint density at radius 3 is 2.00 bits per heavy atom. The predicted molar refractivity (Wildman–Crippen MR) is 98.9 cm³/mol. The van der Waals surface area contributed by atoms with Gasteiger partial charge in [-0.1, -0.05) is 12.8 Å². The lowest BCUT2D eigenvalue weighted by atomic mass is 10.2. The fraction of sp³-hybridized carbons (Fsp3) is 0.706. The summed E-state index contributed by atoms with van der Waals surface area (Å²) in [4.78, 5) is 27.5. The van der Waals surface area contributed by atoms with E-state index in [4.69, 9.17) is 19.3 Å². The minimum absolute atomic E-state index is 0.257. The molecule has 1 amide bonds. The Hall–Kier alpha value is -2.65. The summed E-state index contributed by atoms with van der Waals surface area (Å²) < 4.78 is 9.92. The zero-order valence-corrected chi connectivity index (χ0v) is 15.6. The van der Waals surface area contributed by atoms with Crippen LogP contribution in [0, 0.1) is 0 Å². The van der Waals surface area contributed by atoms with Gasteiger partial charge in [0.1, 0.15) is 0 Å². The first-order valence-corrected chi connectivity index (χ1v) is 9.68. The van der Waals surface area contributed by atoms with Crippen LogP contribution in [0.5, 0.6) is 0 Å². The van der Waals surface area contributed by atoms with Crippen LogP contribution in [0.1, 0.15) is 32.6 Å². The number of carbonyl (C=O) groups excluding carboxylic acids is 1. The van der Waals surface area contributed by atoms with E-state index in [1.54, 1.807) is 4.90 Å². The Bertz CT molecular complexity index is 780. The molecule has 0 bridgehead atoms. The summed E-state index contributed by atoms with van der Waals surface area (Å²) in [5.74, 6) is 1.63. The highest BCUT2D eigenvalue weighted by molar-refractivity contribution is 5.75.